The van der Waals surface area contributed by atoms with Crippen molar-refractivity contribution in [2.24, 2.45) is 0 Å². The second kappa shape index (κ2) is 9.07. The molecule has 0 bridgehead atoms. The van der Waals surface area contributed by atoms with Crippen molar-refractivity contribution in [1.29, 1.82) is 0 Å². The van der Waals surface area contributed by atoms with Gasteiger partial charge in [-0.25, -0.2) is 0 Å². The van der Waals surface area contributed by atoms with Crippen LogP contribution in [0.1, 0.15) is 18.9 Å². The second-order valence-electron chi connectivity index (χ2n) is 6.47. The van der Waals surface area contributed by atoms with Crippen molar-refractivity contribution in [3.8, 4) is 5.75 Å². The number of aromatic nitrogens is 1. The van der Waals surface area contributed by atoms with Crippen LogP contribution in [0.4, 0.5) is 5.82 Å². The number of carbonyl (C=O) groups is 1. The number of pyridine rings is 1. The van der Waals surface area contributed by atoms with E-state index in [1.807, 2.05) is 47.4 Å². The molecule has 1 aromatic carbocycles. The summed E-state index contributed by atoms with van der Waals surface area (Å²) >= 11 is 0. The van der Waals surface area contributed by atoms with E-state index in [1.54, 1.807) is 18.3 Å². The highest BCUT2D eigenvalue weighted by Gasteiger charge is 2.26. The van der Waals surface area contributed by atoms with Crippen molar-refractivity contribution in [1.82, 2.24) is 4.90 Å². The fourth-order valence-electron chi connectivity index (χ4n) is 3.00. The van der Waals surface area contributed by atoms with Gasteiger partial charge in [-0.3, -0.25) is 9.69 Å². The lowest BCUT2D eigenvalue weighted by atomic mass is 10.2. The maximum Gasteiger partial charge on any atom is 0.316 e. The molecule has 0 radical (unpaired) electrons. The van der Waals surface area contributed by atoms with Gasteiger partial charge in [0.05, 0.1) is 19.7 Å². The molecule has 6 nitrogen and oxygen atoms in total. The zero-order valence-corrected chi connectivity index (χ0v) is 15.6. The summed E-state index contributed by atoms with van der Waals surface area (Å²) in [4.78, 5) is 16.3. The Morgan fingerprint density at radius 2 is 1.89 bits per heavy atom. The zero-order chi connectivity index (χ0) is 19.1. The standard InChI is InChI=1S/C21H26N3O3/c1-2-17-27-19-9-6-18(7-10-19)8-11-21(25)23-15-13-22(14-16-23)20-5-3-4-12-24(20)26/h3-12,26H,2,13-17H2,1H3/q+1/b11-8+. The van der Waals surface area contributed by atoms with E-state index >= 15 is 0 Å². The Hall–Kier alpha value is -3.02. The van der Waals surface area contributed by atoms with Crippen molar-refractivity contribution in [2.45, 2.75) is 13.3 Å². The van der Waals surface area contributed by atoms with Crippen LogP contribution in [0.25, 0.3) is 6.08 Å². The minimum atomic E-state index is 0.00546. The van der Waals surface area contributed by atoms with Gasteiger partial charge in [-0.15, -0.1) is 0 Å². The van der Waals surface area contributed by atoms with E-state index < -0.39 is 0 Å². The molecular weight excluding hydrogens is 342 g/mol. The van der Waals surface area contributed by atoms with E-state index in [2.05, 4.69) is 11.8 Å². The molecule has 0 unspecified atom stereocenters. The van der Waals surface area contributed by atoms with Gasteiger partial charge in [-0.05, 0) is 36.3 Å². The molecule has 2 heterocycles. The number of hydrogen-bond donors (Lipinski definition) is 1. The third-order valence-electron chi connectivity index (χ3n) is 4.51. The Bertz CT molecular complexity index is 782. The number of nitrogens with zero attached hydrogens (tertiary/aromatic N) is 3. The van der Waals surface area contributed by atoms with Gasteiger partial charge in [0.15, 0.2) is 0 Å². The van der Waals surface area contributed by atoms with Gasteiger partial charge in [-0.1, -0.05) is 29.9 Å². The number of benzene rings is 1. The van der Waals surface area contributed by atoms with Crippen LogP contribution < -0.4 is 14.4 Å². The first-order chi connectivity index (χ1) is 13.2. The van der Waals surface area contributed by atoms with E-state index in [-0.39, 0.29) is 5.91 Å². The molecule has 142 valence electrons. The minimum absolute atomic E-state index is 0.00546. The van der Waals surface area contributed by atoms with Crippen LogP contribution in [0, 0.1) is 0 Å². The number of anilines is 1. The molecule has 0 atom stereocenters. The molecule has 2 aromatic rings. The fraction of sp³-hybridized carbons (Fsp3) is 0.333. The summed E-state index contributed by atoms with van der Waals surface area (Å²) in [5, 5.41) is 9.89. The van der Waals surface area contributed by atoms with Crippen LogP contribution in [0.3, 0.4) is 0 Å². The molecule has 1 amide bonds. The van der Waals surface area contributed by atoms with Gasteiger partial charge in [0.25, 0.3) is 0 Å². The second-order valence-corrected chi connectivity index (χ2v) is 6.47. The average Bonchev–Trinajstić information content (AvgIpc) is 2.72. The third-order valence-corrected chi connectivity index (χ3v) is 4.51. The monoisotopic (exact) mass is 368 g/mol. The SMILES string of the molecule is CCCOc1ccc(/C=C/C(=O)N2CCN(c3cccc[n+]3O)CC2)cc1. The molecule has 1 fully saturated rings. The van der Waals surface area contributed by atoms with Crippen molar-refractivity contribution in [2.75, 3.05) is 37.7 Å². The summed E-state index contributed by atoms with van der Waals surface area (Å²) in [7, 11) is 0. The van der Waals surface area contributed by atoms with Crippen molar-refractivity contribution >= 4 is 17.8 Å². The summed E-state index contributed by atoms with van der Waals surface area (Å²) < 4.78 is 6.68. The number of hydrogen-bond acceptors (Lipinski definition) is 4. The number of ether oxygens (including phenoxy) is 1. The van der Waals surface area contributed by atoms with E-state index in [9.17, 15) is 10.0 Å². The highest BCUT2D eigenvalue weighted by atomic mass is 16.5. The first-order valence-electron chi connectivity index (χ1n) is 9.32. The summed E-state index contributed by atoms with van der Waals surface area (Å²) in [6.45, 7) is 5.41. The first kappa shape index (κ1) is 18.8. The van der Waals surface area contributed by atoms with Crippen LogP contribution in [-0.4, -0.2) is 48.8 Å². The Morgan fingerprint density at radius 3 is 2.56 bits per heavy atom. The van der Waals surface area contributed by atoms with Crippen LogP contribution in [-0.2, 0) is 4.79 Å². The summed E-state index contributed by atoms with van der Waals surface area (Å²) in [6, 6.07) is 13.3. The normalized spacial score (nSPS) is 14.6. The molecule has 1 aliphatic rings. The van der Waals surface area contributed by atoms with E-state index in [0.29, 0.717) is 32.8 Å². The van der Waals surface area contributed by atoms with Crippen molar-refractivity contribution in [3.63, 3.8) is 0 Å². The number of rotatable bonds is 6. The Morgan fingerprint density at radius 1 is 1.15 bits per heavy atom. The highest BCUT2D eigenvalue weighted by Crippen LogP contribution is 2.14. The lowest BCUT2D eigenvalue weighted by Crippen LogP contribution is -2.51. The summed E-state index contributed by atoms with van der Waals surface area (Å²) in [5.74, 6) is 1.59. The average molecular weight is 368 g/mol. The van der Waals surface area contributed by atoms with Crippen LogP contribution in [0.5, 0.6) is 5.75 Å². The van der Waals surface area contributed by atoms with E-state index in [1.165, 1.54) is 0 Å². The maximum absolute atomic E-state index is 12.4. The van der Waals surface area contributed by atoms with Gasteiger partial charge in [0.1, 0.15) is 25.0 Å². The quantitative estimate of drug-likeness (QED) is 0.483. The maximum atomic E-state index is 12.4. The topological polar surface area (TPSA) is 56.9 Å². The van der Waals surface area contributed by atoms with Crippen molar-refractivity contribution < 1.29 is 19.5 Å². The van der Waals surface area contributed by atoms with Gasteiger partial charge in [0.2, 0.25) is 5.91 Å². The third kappa shape index (κ3) is 5.00. The lowest BCUT2D eigenvalue weighted by Gasteiger charge is -2.30. The number of amides is 1. The van der Waals surface area contributed by atoms with Crippen LogP contribution >= 0.6 is 0 Å². The van der Waals surface area contributed by atoms with Gasteiger partial charge in [0, 0.05) is 12.1 Å². The molecule has 1 saturated heterocycles. The predicted octanol–water partition coefficient (Wildman–Crippen LogP) is 2.36. The van der Waals surface area contributed by atoms with Gasteiger partial charge >= 0.3 is 5.82 Å². The van der Waals surface area contributed by atoms with E-state index in [4.69, 9.17) is 4.74 Å². The van der Waals surface area contributed by atoms with E-state index in [0.717, 1.165) is 28.3 Å². The minimum Gasteiger partial charge on any atom is -0.494 e. The highest BCUT2D eigenvalue weighted by molar-refractivity contribution is 5.92. The molecular formula is C21H26N3O3+. The van der Waals surface area contributed by atoms with Crippen molar-refractivity contribution in [3.05, 3.63) is 60.3 Å². The zero-order valence-electron chi connectivity index (χ0n) is 15.6. The summed E-state index contributed by atoms with van der Waals surface area (Å²) in [6.07, 6.45) is 6.03. The fourth-order valence-corrected chi connectivity index (χ4v) is 3.00. The molecule has 6 heteroatoms. The Labute approximate surface area is 159 Å². The van der Waals surface area contributed by atoms with Gasteiger partial charge in [-0.2, -0.15) is 0 Å². The Kier molecular flexibility index (Phi) is 6.30. The molecule has 1 aromatic heterocycles. The van der Waals surface area contributed by atoms with Crippen LogP contribution in [0.2, 0.25) is 0 Å². The first-order valence-corrected chi connectivity index (χ1v) is 9.32. The van der Waals surface area contributed by atoms with Gasteiger partial charge < -0.3 is 14.8 Å². The number of carbonyl (C=O) groups excluding carboxylic acids is 1. The number of piperazine rings is 1. The molecule has 1 aliphatic heterocycles. The lowest BCUT2D eigenvalue weighted by molar-refractivity contribution is -0.894. The largest absolute Gasteiger partial charge is 0.494 e. The molecule has 3 rings (SSSR count). The van der Waals surface area contributed by atoms with Crippen LogP contribution in [0.15, 0.2) is 54.7 Å². The summed E-state index contributed by atoms with van der Waals surface area (Å²) in [5.41, 5.74) is 0.969. The molecule has 1 N–H and O–H groups in total. The molecule has 0 aliphatic carbocycles. The predicted molar refractivity (Wildman–Crippen MR) is 104 cm³/mol. The molecule has 0 saturated carbocycles. The molecule has 27 heavy (non-hydrogen) atoms. The molecule has 0 spiro atoms. The Balaban J connectivity index is 1.52. The smallest absolute Gasteiger partial charge is 0.316 e.